The second-order valence-electron chi connectivity index (χ2n) is 5.84. The third-order valence-corrected chi connectivity index (χ3v) is 5.42. The van der Waals surface area contributed by atoms with Crippen molar-refractivity contribution in [3.05, 3.63) is 35.9 Å². The molecule has 1 N–H and O–H groups in total. The molecule has 5 nitrogen and oxygen atoms in total. The van der Waals surface area contributed by atoms with Gasteiger partial charge in [-0.3, -0.25) is 4.79 Å². The van der Waals surface area contributed by atoms with Crippen LogP contribution in [0.3, 0.4) is 0 Å². The number of hydrogen-bond donors (Lipinski definition) is 1. The van der Waals surface area contributed by atoms with E-state index in [-0.39, 0.29) is 24.4 Å². The lowest BCUT2D eigenvalue weighted by molar-refractivity contribution is -0.126. The van der Waals surface area contributed by atoms with Gasteiger partial charge in [0.2, 0.25) is 15.9 Å². The fraction of sp³-hybridized carbons (Fsp3) is 0.562. The third kappa shape index (κ3) is 4.30. The maximum Gasteiger partial charge on any atom is 0.224 e. The number of rotatable bonds is 5. The first kappa shape index (κ1) is 17.0. The first-order valence-corrected chi connectivity index (χ1v) is 9.57. The van der Waals surface area contributed by atoms with Crippen molar-refractivity contribution in [1.82, 2.24) is 9.62 Å². The van der Waals surface area contributed by atoms with Gasteiger partial charge in [-0.2, -0.15) is 0 Å². The highest BCUT2D eigenvalue weighted by Gasteiger charge is 2.30. The van der Waals surface area contributed by atoms with Gasteiger partial charge in [-0.15, -0.1) is 0 Å². The van der Waals surface area contributed by atoms with E-state index in [2.05, 4.69) is 5.32 Å². The largest absolute Gasteiger partial charge is 0.349 e. The molecule has 1 fully saturated rings. The summed E-state index contributed by atoms with van der Waals surface area (Å²) in [5.74, 6) is -0.315. The molecule has 6 heteroatoms. The molecule has 0 radical (unpaired) electrons. The number of nitrogens with one attached hydrogen (secondary N) is 1. The van der Waals surface area contributed by atoms with Crippen LogP contribution in [0.5, 0.6) is 0 Å². The summed E-state index contributed by atoms with van der Waals surface area (Å²) in [6.07, 6.45) is 3.47. The van der Waals surface area contributed by atoms with Crippen molar-refractivity contribution in [3.8, 4) is 0 Å². The van der Waals surface area contributed by atoms with Gasteiger partial charge in [-0.1, -0.05) is 37.3 Å². The van der Waals surface area contributed by atoms with E-state index in [1.165, 1.54) is 10.6 Å². The van der Waals surface area contributed by atoms with E-state index in [0.717, 1.165) is 24.8 Å². The average Bonchev–Trinajstić information content (AvgIpc) is 2.52. The van der Waals surface area contributed by atoms with E-state index in [1.807, 2.05) is 37.3 Å². The van der Waals surface area contributed by atoms with Crippen LogP contribution in [0.2, 0.25) is 0 Å². The Balaban J connectivity index is 2.02. The van der Waals surface area contributed by atoms with Gasteiger partial charge in [0, 0.05) is 13.1 Å². The van der Waals surface area contributed by atoms with E-state index >= 15 is 0 Å². The van der Waals surface area contributed by atoms with Gasteiger partial charge < -0.3 is 5.32 Å². The summed E-state index contributed by atoms with van der Waals surface area (Å²) >= 11 is 0. The van der Waals surface area contributed by atoms with Crippen LogP contribution in [0.25, 0.3) is 0 Å². The van der Waals surface area contributed by atoms with Crippen LogP contribution in [-0.2, 0) is 14.8 Å². The summed E-state index contributed by atoms with van der Waals surface area (Å²) in [6.45, 7) is 2.83. The Kier molecular flexibility index (Phi) is 5.58. The number of nitrogens with zero attached hydrogens (tertiary/aromatic N) is 1. The minimum absolute atomic E-state index is 0.0256. The van der Waals surface area contributed by atoms with Gasteiger partial charge in [0.25, 0.3) is 0 Å². The molecule has 1 aromatic rings. The van der Waals surface area contributed by atoms with Crippen LogP contribution in [0, 0.1) is 5.92 Å². The van der Waals surface area contributed by atoms with Crippen LogP contribution < -0.4 is 5.32 Å². The van der Waals surface area contributed by atoms with Gasteiger partial charge in [0.15, 0.2) is 0 Å². The lowest BCUT2D eigenvalue weighted by atomic mass is 9.97. The zero-order valence-electron chi connectivity index (χ0n) is 13.2. The minimum Gasteiger partial charge on any atom is -0.349 e. The van der Waals surface area contributed by atoms with Crippen LogP contribution in [-0.4, -0.2) is 38.0 Å². The Labute approximate surface area is 132 Å². The lowest BCUT2D eigenvalue weighted by Gasteiger charge is -2.31. The molecule has 0 unspecified atom stereocenters. The van der Waals surface area contributed by atoms with Gasteiger partial charge in [-0.05, 0) is 24.8 Å². The van der Waals surface area contributed by atoms with E-state index in [0.29, 0.717) is 6.54 Å². The Bertz CT molecular complexity index is 601. The fourth-order valence-corrected chi connectivity index (χ4v) is 3.77. The topological polar surface area (TPSA) is 66.5 Å². The van der Waals surface area contributed by atoms with Crippen LogP contribution >= 0.6 is 0 Å². The maximum atomic E-state index is 12.5. The fourth-order valence-electron chi connectivity index (χ4n) is 2.85. The predicted molar refractivity (Wildman–Crippen MR) is 86.8 cm³/mol. The number of sulfonamides is 1. The van der Waals surface area contributed by atoms with E-state index in [4.69, 9.17) is 0 Å². The Hall–Kier alpha value is -1.40. The molecular formula is C16H24N2O3S. The van der Waals surface area contributed by atoms with Crippen molar-refractivity contribution >= 4 is 15.9 Å². The minimum atomic E-state index is -3.23. The molecule has 122 valence electrons. The molecule has 1 aromatic carbocycles. The molecule has 2 atom stereocenters. The molecule has 0 saturated carbocycles. The van der Waals surface area contributed by atoms with E-state index in [1.54, 1.807) is 0 Å². The second kappa shape index (κ2) is 7.24. The zero-order chi connectivity index (χ0) is 16.2. The van der Waals surface area contributed by atoms with Gasteiger partial charge >= 0.3 is 0 Å². The summed E-state index contributed by atoms with van der Waals surface area (Å²) < 4.78 is 24.7. The highest BCUT2D eigenvalue weighted by Crippen LogP contribution is 2.21. The molecule has 2 rings (SSSR count). The number of benzene rings is 1. The summed E-state index contributed by atoms with van der Waals surface area (Å²) in [5, 5.41) is 3.06. The highest BCUT2D eigenvalue weighted by molar-refractivity contribution is 7.88. The first-order chi connectivity index (χ1) is 10.4. The second-order valence-corrected chi connectivity index (χ2v) is 7.82. The Morgan fingerprint density at radius 1 is 1.36 bits per heavy atom. The molecule has 1 amide bonds. The molecule has 1 aliphatic rings. The van der Waals surface area contributed by atoms with Crippen molar-refractivity contribution in [2.75, 3.05) is 19.3 Å². The maximum absolute atomic E-state index is 12.5. The summed E-state index contributed by atoms with van der Waals surface area (Å²) in [5.41, 5.74) is 1.08. The summed E-state index contributed by atoms with van der Waals surface area (Å²) in [4.78, 5) is 12.5. The first-order valence-electron chi connectivity index (χ1n) is 7.72. The number of amides is 1. The molecule has 0 spiro atoms. The standard InChI is InChI=1S/C16H24N2O3S/c1-3-15(13-8-5-4-6-9-13)17-16(19)14-10-7-11-18(12-14)22(2,20)21/h4-6,8-9,14-15H,3,7,10-12H2,1-2H3,(H,17,19)/t14-,15-/m1/s1. The number of hydrogen-bond acceptors (Lipinski definition) is 3. The third-order valence-electron chi connectivity index (χ3n) is 4.15. The number of piperidine rings is 1. The van der Waals surface area contributed by atoms with E-state index < -0.39 is 10.0 Å². The smallest absolute Gasteiger partial charge is 0.224 e. The van der Waals surface area contributed by atoms with Gasteiger partial charge in [0.1, 0.15) is 0 Å². The molecule has 0 bridgehead atoms. The van der Waals surface area contributed by atoms with Crippen molar-refractivity contribution < 1.29 is 13.2 Å². The Morgan fingerprint density at radius 3 is 2.64 bits per heavy atom. The zero-order valence-corrected chi connectivity index (χ0v) is 14.0. The van der Waals surface area contributed by atoms with Crippen molar-refractivity contribution in [2.24, 2.45) is 5.92 Å². The van der Waals surface area contributed by atoms with Crippen molar-refractivity contribution in [1.29, 1.82) is 0 Å². The van der Waals surface area contributed by atoms with Gasteiger partial charge in [-0.25, -0.2) is 12.7 Å². The predicted octanol–water partition coefficient (Wildman–Crippen LogP) is 1.93. The van der Waals surface area contributed by atoms with Crippen LogP contribution in [0.4, 0.5) is 0 Å². The average molecular weight is 324 g/mol. The van der Waals surface area contributed by atoms with Crippen molar-refractivity contribution in [2.45, 2.75) is 32.2 Å². The molecular weight excluding hydrogens is 300 g/mol. The Morgan fingerprint density at radius 2 is 2.05 bits per heavy atom. The monoisotopic (exact) mass is 324 g/mol. The molecule has 0 aliphatic carbocycles. The van der Waals surface area contributed by atoms with Crippen LogP contribution in [0.15, 0.2) is 30.3 Å². The van der Waals surface area contributed by atoms with Gasteiger partial charge in [0.05, 0.1) is 18.2 Å². The SMILES string of the molecule is CC[C@@H](NC(=O)[C@@H]1CCCN(S(C)(=O)=O)C1)c1ccccc1. The lowest BCUT2D eigenvalue weighted by Crippen LogP contribution is -2.45. The van der Waals surface area contributed by atoms with E-state index in [9.17, 15) is 13.2 Å². The highest BCUT2D eigenvalue weighted by atomic mass is 32.2. The van der Waals surface area contributed by atoms with Crippen LogP contribution in [0.1, 0.15) is 37.8 Å². The summed E-state index contributed by atoms with van der Waals surface area (Å²) in [7, 11) is -3.23. The molecule has 1 aliphatic heterocycles. The molecule has 0 aromatic heterocycles. The number of carbonyl (C=O) groups is 1. The van der Waals surface area contributed by atoms with Crippen molar-refractivity contribution in [3.63, 3.8) is 0 Å². The quantitative estimate of drug-likeness (QED) is 0.900. The molecule has 1 heterocycles. The molecule has 1 saturated heterocycles. The summed E-state index contributed by atoms with van der Waals surface area (Å²) in [6, 6.07) is 9.83. The number of carbonyl (C=O) groups excluding carboxylic acids is 1. The molecule has 22 heavy (non-hydrogen) atoms. The normalized spacial score (nSPS) is 21.3.